The van der Waals surface area contributed by atoms with Gasteiger partial charge in [0.2, 0.25) is 15.9 Å². The molecule has 2 aromatic carbocycles. The summed E-state index contributed by atoms with van der Waals surface area (Å²) in [4.78, 5) is 28.3. The Balaban J connectivity index is 1.86. The number of nitrogens with two attached hydrogens (primary N) is 2. The van der Waals surface area contributed by atoms with Crippen LogP contribution in [0, 0.1) is 11.7 Å². The Morgan fingerprint density at radius 3 is 2.36 bits per heavy atom. The van der Waals surface area contributed by atoms with E-state index in [4.69, 9.17) is 11.5 Å². The van der Waals surface area contributed by atoms with Crippen molar-refractivity contribution in [1.29, 1.82) is 0 Å². The molecule has 3 aromatic rings. The van der Waals surface area contributed by atoms with Crippen molar-refractivity contribution >= 4 is 27.4 Å². The van der Waals surface area contributed by atoms with E-state index in [2.05, 4.69) is 10.3 Å². The number of hydrogen-bond acceptors (Lipinski definition) is 8. The molecule has 13 heteroatoms. The summed E-state index contributed by atoms with van der Waals surface area (Å²) in [6.45, 7) is 2.90. The number of carbonyl (C=O) groups is 1. The van der Waals surface area contributed by atoms with Crippen LogP contribution in [0.4, 0.5) is 15.9 Å². The van der Waals surface area contributed by atoms with Gasteiger partial charge in [0.25, 0.3) is 0 Å². The van der Waals surface area contributed by atoms with Crippen LogP contribution in [0.3, 0.4) is 0 Å². The molecule has 0 radical (unpaired) electrons. The van der Waals surface area contributed by atoms with Gasteiger partial charge in [-0.2, -0.15) is 9.29 Å². The number of aromatic nitrogens is 2. The van der Waals surface area contributed by atoms with E-state index >= 15 is 0 Å². The first-order chi connectivity index (χ1) is 18.4. The molecule has 0 saturated carbocycles. The number of aliphatic hydroxyl groups excluding tert-OH is 1. The number of anilines is 2. The molecule has 6 N–H and O–H groups in total. The highest BCUT2D eigenvalue weighted by molar-refractivity contribution is 7.89. The molecule has 1 heterocycles. The molecule has 2 atom stereocenters. The lowest BCUT2D eigenvalue weighted by molar-refractivity contribution is -0.123. The summed E-state index contributed by atoms with van der Waals surface area (Å²) in [5, 5.41) is 13.9. The Morgan fingerprint density at radius 1 is 1.10 bits per heavy atom. The zero-order valence-electron chi connectivity index (χ0n) is 21.7. The summed E-state index contributed by atoms with van der Waals surface area (Å²) >= 11 is 0. The lowest BCUT2D eigenvalue weighted by Gasteiger charge is -2.31. The number of hydrogen-bond donors (Lipinski definition) is 4. The normalized spacial score (nSPS) is 13.4. The minimum atomic E-state index is -4.01. The molecule has 0 fully saturated rings. The summed E-state index contributed by atoms with van der Waals surface area (Å²) in [6, 6.07) is 13.8. The Morgan fingerprint density at radius 2 is 1.74 bits per heavy atom. The molecular weight excluding hydrogens is 527 g/mol. The molecule has 210 valence electrons. The topological polar surface area (TPSA) is 174 Å². The molecule has 0 spiro atoms. The van der Waals surface area contributed by atoms with Crippen LogP contribution in [0.2, 0.25) is 0 Å². The van der Waals surface area contributed by atoms with Gasteiger partial charge in [-0.05, 0) is 42.2 Å². The smallest absolute Gasteiger partial charge is 0.350 e. The highest BCUT2D eigenvalue weighted by Gasteiger charge is 2.31. The third-order valence-corrected chi connectivity index (χ3v) is 7.72. The maximum atomic E-state index is 13.8. The number of nitrogen functional groups attached to an aromatic ring is 2. The Labute approximate surface area is 226 Å². The van der Waals surface area contributed by atoms with E-state index in [1.54, 1.807) is 24.3 Å². The quantitative estimate of drug-likeness (QED) is 0.237. The van der Waals surface area contributed by atoms with Gasteiger partial charge in [0.15, 0.2) is 11.6 Å². The summed E-state index contributed by atoms with van der Waals surface area (Å²) in [5.74, 6) is -2.32. The third-order valence-electron chi connectivity index (χ3n) is 5.88. The standard InChI is InChI=1S/C26H33FN6O5S/c1-17(2)13-33(39(37,38)20-10-8-19(28)9-11-20)15-23(34)22(12-18-6-4-3-5-7-18)30-24(35)16-32-14-21(27)25(29)31-26(32)36/h3-11,14,17,22-23,34H,12-13,15-16,28H2,1-2H3,(H,30,35)(H2,29,31,36)/t22-,23+/m0/s1. The van der Waals surface area contributed by atoms with Crippen LogP contribution in [0.5, 0.6) is 0 Å². The predicted molar refractivity (Wildman–Crippen MR) is 145 cm³/mol. The van der Waals surface area contributed by atoms with Crippen LogP contribution in [0.1, 0.15) is 19.4 Å². The molecule has 0 aliphatic rings. The minimum Gasteiger partial charge on any atom is -0.399 e. The lowest BCUT2D eigenvalue weighted by Crippen LogP contribution is -2.52. The number of amides is 1. The largest absolute Gasteiger partial charge is 0.399 e. The number of carbonyl (C=O) groups excluding carboxylic acids is 1. The van der Waals surface area contributed by atoms with Crippen molar-refractivity contribution in [2.75, 3.05) is 24.6 Å². The zero-order valence-corrected chi connectivity index (χ0v) is 22.5. The highest BCUT2D eigenvalue weighted by atomic mass is 32.2. The van der Waals surface area contributed by atoms with E-state index in [-0.39, 0.29) is 30.3 Å². The monoisotopic (exact) mass is 560 g/mol. The van der Waals surface area contributed by atoms with Gasteiger partial charge in [-0.25, -0.2) is 17.6 Å². The molecule has 0 aliphatic heterocycles. The summed E-state index contributed by atoms with van der Waals surface area (Å²) in [6.07, 6.45) is -0.403. The zero-order chi connectivity index (χ0) is 28.7. The predicted octanol–water partition coefficient (Wildman–Crippen LogP) is 0.982. The molecule has 1 amide bonds. The highest BCUT2D eigenvalue weighted by Crippen LogP contribution is 2.20. The molecule has 0 aliphatic carbocycles. The van der Waals surface area contributed by atoms with Crippen molar-refractivity contribution in [1.82, 2.24) is 19.2 Å². The summed E-state index contributed by atoms with van der Waals surface area (Å²) in [5.41, 5.74) is 11.3. The minimum absolute atomic E-state index is 0.0189. The fourth-order valence-corrected chi connectivity index (χ4v) is 5.57. The van der Waals surface area contributed by atoms with Crippen molar-refractivity contribution in [3.05, 3.63) is 82.7 Å². The van der Waals surface area contributed by atoms with E-state index < -0.39 is 51.9 Å². The second-order valence-electron chi connectivity index (χ2n) is 9.60. The Kier molecular flexibility index (Phi) is 9.78. The van der Waals surface area contributed by atoms with Gasteiger partial charge in [0, 0.05) is 25.0 Å². The van der Waals surface area contributed by atoms with Gasteiger partial charge >= 0.3 is 5.69 Å². The van der Waals surface area contributed by atoms with Crippen molar-refractivity contribution in [3.63, 3.8) is 0 Å². The fraction of sp³-hybridized carbons (Fsp3) is 0.346. The SMILES string of the molecule is CC(C)CN(C[C@@H](O)[C@H](Cc1ccccc1)NC(=O)Cn1cc(F)c(N)nc1=O)S(=O)(=O)c1ccc(N)cc1. The Bertz CT molecular complexity index is 1430. The maximum absolute atomic E-state index is 13.8. The number of rotatable bonds is 12. The first-order valence-electron chi connectivity index (χ1n) is 12.3. The second kappa shape index (κ2) is 12.8. The lowest BCUT2D eigenvalue weighted by atomic mass is 10.0. The average Bonchev–Trinajstić information content (AvgIpc) is 2.87. The first kappa shape index (κ1) is 29.7. The molecular formula is C26H33FN6O5S. The Hall–Kier alpha value is -3.81. The molecule has 0 saturated heterocycles. The number of aliphatic hydroxyl groups is 1. The number of nitrogens with zero attached hydrogens (tertiary/aromatic N) is 3. The number of sulfonamides is 1. The van der Waals surface area contributed by atoms with Gasteiger partial charge in [-0.15, -0.1) is 0 Å². The first-order valence-corrected chi connectivity index (χ1v) is 13.7. The van der Waals surface area contributed by atoms with E-state index in [0.29, 0.717) is 5.69 Å². The van der Waals surface area contributed by atoms with Gasteiger partial charge < -0.3 is 21.9 Å². The second-order valence-corrected chi connectivity index (χ2v) is 11.5. The van der Waals surface area contributed by atoms with Gasteiger partial charge in [0.05, 0.1) is 17.0 Å². The van der Waals surface area contributed by atoms with Crippen LogP contribution in [0.25, 0.3) is 0 Å². The van der Waals surface area contributed by atoms with Crippen LogP contribution in [-0.4, -0.2) is 58.5 Å². The van der Waals surface area contributed by atoms with Gasteiger partial charge in [-0.3, -0.25) is 9.36 Å². The molecule has 0 unspecified atom stereocenters. The molecule has 0 bridgehead atoms. The number of nitrogens with one attached hydrogen (secondary N) is 1. The van der Waals surface area contributed by atoms with Crippen LogP contribution in [-0.2, 0) is 27.8 Å². The van der Waals surface area contributed by atoms with Crippen LogP contribution < -0.4 is 22.5 Å². The van der Waals surface area contributed by atoms with E-state index in [1.807, 2.05) is 19.9 Å². The third kappa shape index (κ3) is 8.09. The van der Waals surface area contributed by atoms with Crippen LogP contribution in [0.15, 0.2) is 70.5 Å². The number of halogens is 1. The van der Waals surface area contributed by atoms with E-state index in [0.717, 1.165) is 16.3 Å². The summed E-state index contributed by atoms with van der Waals surface area (Å²) < 4.78 is 42.6. The van der Waals surface area contributed by atoms with Crippen molar-refractivity contribution in [3.8, 4) is 0 Å². The van der Waals surface area contributed by atoms with E-state index in [1.165, 1.54) is 28.6 Å². The molecule has 11 nitrogen and oxygen atoms in total. The van der Waals surface area contributed by atoms with Crippen molar-refractivity contribution < 1.29 is 22.7 Å². The average molecular weight is 561 g/mol. The fourth-order valence-electron chi connectivity index (χ4n) is 3.95. The molecule has 1 aromatic heterocycles. The maximum Gasteiger partial charge on any atom is 0.350 e. The van der Waals surface area contributed by atoms with Gasteiger partial charge in [-0.1, -0.05) is 44.2 Å². The summed E-state index contributed by atoms with van der Waals surface area (Å²) in [7, 11) is -4.01. The molecule has 39 heavy (non-hydrogen) atoms. The van der Waals surface area contributed by atoms with Gasteiger partial charge in [0.1, 0.15) is 6.54 Å². The van der Waals surface area contributed by atoms with Crippen LogP contribution >= 0.6 is 0 Å². The van der Waals surface area contributed by atoms with E-state index in [9.17, 15) is 27.5 Å². The molecule has 3 rings (SSSR count). The van der Waals surface area contributed by atoms with Crippen molar-refractivity contribution in [2.45, 2.75) is 43.9 Å². The number of benzene rings is 2. The van der Waals surface area contributed by atoms with Crippen molar-refractivity contribution in [2.24, 2.45) is 5.92 Å².